The molecule has 5 heteroatoms. The molecule has 1 aromatic carbocycles. The number of carbonyl (C=O) groups is 1. The van der Waals surface area contributed by atoms with Crippen molar-refractivity contribution in [1.82, 2.24) is 0 Å². The molecule has 0 heterocycles. The Bertz CT molecular complexity index is 367. The number of carboxylic acids is 1. The van der Waals surface area contributed by atoms with E-state index in [1.807, 2.05) is 24.3 Å². The Morgan fingerprint density at radius 3 is 2.47 bits per heavy atom. The fourth-order valence-electron chi connectivity index (χ4n) is 1.56. The quantitative estimate of drug-likeness (QED) is 0.762. The van der Waals surface area contributed by atoms with E-state index in [0.29, 0.717) is 12.3 Å². The molecule has 4 nitrogen and oxygen atoms in total. The van der Waals surface area contributed by atoms with E-state index in [1.165, 1.54) is 0 Å². The van der Waals surface area contributed by atoms with E-state index in [9.17, 15) is 4.79 Å². The summed E-state index contributed by atoms with van der Waals surface area (Å²) in [6.45, 7) is 2.25. The summed E-state index contributed by atoms with van der Waals surface area (Å²) in [5, 5.41) is 9.05. The molecule has 1 atom stereocenters. The normalized spacial score (nSPS) is 11.9. The highest BCUT2D eigenvalue weighted by molar-refractivity contribution is 7.80. The van der Waals surface area contributed by atoms with Crippen molar-refractivity contribution in [2.24, 2.45) is 0 Å². The first-order valence-electron chi connectivity index (χ1n) is 5.34. The van der Waals surface area contributed by atoms with E-state index in [-0.39, 0.29) is 0 Å². The molecule has 0 unspecified atom stereocenters. The van der Waals surface area contributed by atoms with E-state index >= 15 is 0 Å². The minimum Gasteiger partial charge on any atom is -0.497 e. The van der Waals surface area contributed by atoms with Crippen molar-refractivity contribution >= 4 is 24.3 Å². The third kappa shape index (κ3) is 3.56. The summed E-state index contributed by atoms with van der Waals surface area (Å²) in [6, 6.07) is 6.75. The molecule has 17 heavy (non-hydrogen) atoms. The standard InChI is InChI=1S/C12H17NO3S/c1-9(12(14)15)13(7-8-17)10-3-5-11(16-2)6-4-10/h3-6,9,17H,7-8H2,1-2H3,(H,14,15)/t9-/m0/s1. The third-order valence-electron chi connectivity index (χ3n) is 2.57. The first kappa shape index (κ1) is 13.7. The lowest BCUT2D eigenvalue weighted by atomic mass is 10.2. The summed E-state index contributed by atoms with van der Waals surface area (Å²) in [4.78, 5) is 12.8. The van der Waals surface area contributed by atoms with Gasteiger partial charge < -0.3 is 14.7 Å². The Morgan fingerprint density at radius 2 is 2.06 bits per heavy atom. The van der Waals surface area contributed by atoms with Crippen LogP contribution in [0.1, 0.15) is 6.92 Å². The van der Waals surface area contributed by atoms with Crippen molar-refractivity contribution in [3.63, 3.8) is 0 Å². The van der Waals surface area contributed by atoms with Crippen LogP contribution in [0.2, 0.25) is 0 Å². The number of ether oxygens (including phenoxy) is 1. The van der Waals surface area contributed by atoms with Gasteiger partial charge in [0, 0.05) is 18.0 Å². The van der Waals surface area contributed by atoms with Gasteiger partial charge in [-0.05, 0) is 31.2 Å². The van der Waals surface area contributed by atoms with Gasteiger partial charge in [0.1, 0.15) is 11.8 Å². The molecule has 0 fully saturated rings. The van der Waals surface area contributed by atoms with E-state index in [4.69, 9.17) is 9.84 Å². The summed E-state index contributed by atoms with van der Waals surface area (Å²) in [5.41, 5.74) is 0.856. The predicted molar refractivity (Wildman–Crippen MR) is 71.3 cm³/mol. The number of hydrogen-bond acceptors (Lipinski definition) is 4. The molecule has 1 aromatic rings. The van der Waals surface area contributed by atoms with E-state index in [0.717, 1.165) is 11.4 Å². The highest BCUT2D eigenvalue weighted by Gasteiger charge is 2.20. The second-order valence-corrected chi connectivity index (χ2v) is 4.08. The van der Waals surface area contributed by atoms with E-state index in [1.54, 1.807) is 18.9 Å². The van der Waals surface area contributed by atoms with Gasteiger partial charge in [0.15, 0.2) is 0 Å². The highest BCUT2D eigenvalue weighted by Crippen LogP contribution is 2.21. The summed E-state index contributed by atoms with van der Waals surface area (Å²) >= 11 is 4.15. The summed E-state index contributed by atoms with van der Waals surface area (Å²) in [6.07, 6.45) is 0. The van der Waals surface area contributed by atoms with Gasteiger partial charge in [-0.15, -0.1) is 0 Å². The zero-order valence-electron chi connectivity index (χ0n) is 9.96. The third-order valence-corrected chi connectivity index (χ3v) is 2.77. The Morgan fingerprint density at radius 1 is 1.47 bits per heavy atom. The van der Waals surface area contributed by atoms with Crippen molar-refractivity contribution in [2.75, 3.05) is 24.3 Å². The number of methoxy groups -OCH3 is 1. The molecular formula is C12H17NO3S. The van der Waals surface area contributed by atoms with Crippen molar-refractivity contribution in [1.29, 1.82) is 0 Å². The summed E-state index contributed by atoms with van der Waals surface area (Å²) < 4.78 is 5.07. The number of aliphatic carboxylic acids is 1. The molecule has 0 aliphatic carbocycles. The van der Waals surface area contributed by atoms with Gasteiger partial charge >= 0.3 is 5.97 Å². The van der Waals surface area contributed by atoms with Gasteiger partial charge in [-0.2, -0.15) is 12.6 Å². The first-order valence-corrected chi connectivity index (χ1v) is 5.97. The number of anilines is 1. The number of benzene rings is 1. The van der Waals surface area contributed by atoms with Crippen molar-refractivity contribution in [3.8, 4) is 5.75 Å². The van der Waals surface area contributed by atoms with Crippen LogP contribution in [0.5, 0.6) is 5.75 Å². The molecule has 0 aliphatic rings. The molecule has 0 radical (unpaired) electrons. The molecule has 0 aromatic heterocycles. The maximum absolute atomic E-state index is 11.0. The monoisotopic (exact) mass is 255 g/mol. The molecule has 94 valence electrons. The lowest BCUT2D eigenvalue weighted by molar-refractivity contribution is -0.138. The smallest absolute Gasteiger partial charge is 0.326 e. The lowest BCUT2D eigenvalue weighted by Gasteiger charge is -2.28. The molecule has 0 saturated heterocycles. The van der Waals surface area contributed by atoms with Gasteiger partial charge in [-0.1, -0.05) is 0 Å². The average molecular weight is 255 g/mol. The molecular weight excluding hydrogens is 238 g/mol. The second-order valence-electron chi connectivity index (χ2n) is 3.63. The Kier molecular flexibility index (Phi) is 5.15. The van der Waals surface area contributed by atoms with Gasteiger partial charge in [0.25, 0.3) is 0 Å². The molecule has 1 rings (SSSR count). The zero-order valence-corrected chi connectivity index (χ0v) is 10.9. The SMILES string of the molecule is COc1ccc(N(CCS)[C@@H](C)C(=O)O)cc1. The van der Waals surface area contributed by atoms with Crippen molar-refractivity contribution in [3.05, 3.63) is 24.3 Å². The molecule has 0 aliphatic heterocycles. The van der Waals surface area contributed by atoms with Crippen LogP contribution in [0, 0.1) is 0 Å². The fourth-order valence-corrected chi connectivity index (χ4v) is 1.78. The average Bonchev–Trinajstić information content (AvgIpc) is 2.35. The molecule has 0 bridgehead atoms. The number of carboxylic acid groups (broad SMARTS) is 1. The first-order chi connectivity index (χ1) is 8.10. The zero-order chi connectivity index (χ0) is 12.8. The van der Waals surface area contributed by atoms with Crippen LogP contribution in [0.15, 0.2) is 24.3 Å². The topological polar surface area (TPSA) is 49.8 Å². The van der Waals surface area contributed by atoms with Crippen LogP contribution < -0.4 is 9.64 Å². The van der Waals surface area contributed by atoms with Crippen LogP contribution in [0.4, 0.5) is 5.69 Å². The number of rotatable bonds is 6. The Hall–Kier alpha value is -1.36. The van der Waals surface area contributed by atoms with Crippen LogP contribution in [0.3, 0.4) is 0 Å². The van der Waals surface area contributed by atoms with Gasteiger partial charge in [0.05, 0.1) is 7.11 Å². The highest BCUT2D eigenvalue weighted by atomic mass is 32.1. The maximum Gasteiger partial charge on any atom is 0.326 e. The maximum atomic E-state index is 11.0. The molecule has 1 N–H and O–H groups in total. The van der Waals surface area contributed by atoms with Crippen molar-refractivity contribution < 1.29 is 14.6 Å². The number of thiol groups is 1. The van der Waals surface area contributed by atoms with Crippen LogP contribution in [0.25, 0.3) is 0 Å². The summed E-state index contributed by atoms with van der Waals surface area (Å²) in [5.74, 6) is 0.508. The lowest BCUT2D eigenvalue weighted by Crippen LogP contribution is -2.40. The van der Waals surface area contributed by atoms with Crippen LogP contribution >= 0.6 is 12.6 Å². The predicted octanol–water partition coefficient (Wildman–Crippen LogP) is 1.90. The van der Waals surface area contributed by atoms with Gasteiger partial charge in [-0.3, -0.25) is 0 Å². The largest absolute Gasteiger partial charge is 0.497 e. The second kappa shape index (κ2) is 6.39. The van der Waals surface area contributed by atoms with Crippen LogP contribution in [-0.2, 0) is 4.79 Å². The van der Waals surface area contributed by atoms with Crippen LogP contribution in [-0.4, -0.2) is 36.5 Å². The Labute approximate surface area is 107 Å². The minimum absolute atomic E-state index is 0.574. The number of hydrogen-bond donors (Lipinski definition) is 2. The van der Waals surface area contributed by atoms with Crippen molar-refractivity contribution in [2.45, 2.75) is 13.0 Å². The minimum atomic E-state index is -0.845. The summed E-state index contributed by atoms with van der Waals surface area (Å²) in [7, 11) is 1.60. The molecule has 0 saturated carbocycles. The fraction of sp³-hybridized carbons (Fsp3) is 0.417. The van der Waals surface area contributed by atoms with Gasteiger partial charge in [-0.25, -0.2) is 4.79 Å². The van der Waals surface area contributed by atoms with E-state index in [2.05, 4.69) is 12.6 Å². The van der Waals surface area contributed by atoms with E-state index < -0.39 is 12.0 Å². The van der Waals surface area contributed by atoms with Gasteiger partial charge in [0.2, 0.25) is 0 Å². The Balaban J connectivity index is 2.92. The number of nitrogens with zero attached hydrogens (tertiary/aromatic N) is 1. The molecule has 0 amide bonds. The molecule has 0 spiro atoms.